The number of amides is 1. The Bertz CT molecular complexity index is 122. The van der Waals surface area contributed by atoms with Crippen LogP contribution < -0.4 is 5.32 Å². The van der Waals surface area contributed by atoms with Gasteiger partial charge in [0, 0.05) is 6.54 Å². The molecule has 2 N–H and O–H groups in total. The number of aliphatic hydroxyl groups excluding tert-OH is 1. The second kappa shape index (κ2) is 3.41. The van der Waals surface area contributed by atoms with E-state index in [1.807, 2.05) is 0 Å². The zero-order chi connectivity index (χ0) is 7.40. The fraction of sp³-hybridized carbons (Fsp3) is 0.833. The number of rotatable bonds is 3. The number of hydrogen-bond acceptors (Lipinski definition) is 3. The minimum atomic E-state index is -0.420. The number of aliphatic hydroxyl groups is 1. The quantitative estimate of drug-likeness (QED) is 0.581. The lowest BCUT2D eigenvalue weighted by Crippen LogP contribution is -2.27. The van der Waals surface area contributed by atoms with Gasteiger partial charge in [-0.1, -0.05) is 0 Å². The van der Waals surface area contributed by atoms with E-state index in [-0.39, 0.29) is 19.3 Å². The van der Waals surface area contributed by atoms with E-state index in [1.165, 1.54) is 0 Å². The van der Waals surface area contributed by atoms with E-state index in [0.717, 1.165) is 12.8 Å². The lowest BCUT2D eigenvalue weighted by molar-refractivity contribution is 0.136. The molecule has 1 aliphatic rings. The van der Waals surface area contributed by atoms with Gasteiger partial charge in [0.2, 0.25) is 0 Å². The molecule has 0 radical (unpaired) electrons. The minimum absolute atomic E-state index is 0.0419. The van der Waals surface area contributed by atoms with E-state index in [0.29, 0.717) is 0 Å². The first-order valence-electron chi connectivity index (χ1n) is 3.38. The van der Waals surface area contributed by atoms with Crippen LogP contribution in [0.15, 0.2) is 0 Å². The van der Waals surface area contributed by atoms with E-state index in [1.54, 1.807) is 0 Å². The predicted molar refractivity (Wildman–Crippen MR) is 34.6 cm³/mol. The molecule has 1 fully saturated rings. The summed E-state index contributed by atoms with van der Waals surface area (Å²) in [6.07, 6.45) is 1.68. The van der Waals surface area contributed by atoms with Crippen molar-refractivity contribution in [1.29, 1.82) is 0 Å². The molecule has 0 heterocycles. The van der Waals surface area contributed by atoms with E-state index in [9.17, 15) is 4.79 Å². The predicted octanol–water partition coefficient (Wildman–Crippen LogP) is -0.133. The highest BCUT2D eigenvalue weighted by Gasteiger charge is 2.25. The molecule has 0 spiro atoms. The molecule has 0 saturated heterocycles. The molecule has 0 atom stereocenters. The van der Waals surface area contributed by atoms with Crippen molar-refractivity contribution < 1.29 is 14.6 Å². The number of alkyl carbamates (subject to hydrolysis) is 1. The van der Waals surface area contributed by atoms with Crippen LogP contribution in [-0.2, 0) is 4.74 Å². The third kappa shape index (κ3) is 2.68. The van der Waals surface area contributed by atoms with Crippen molar-refractivity contribution in [2.45, 2.75) is 18.9 Å². The second-order valence-corrected chi connectivity index (χ2v) is 2.26. The van der Waals surface area contributed by atoms with Gasteiger partial charge in [0.15, 0.2) is 0 Å². The van der Waals surface area contributed by atoms with Crippen molar-refractivity contribution in [3.63, 3.8) is 0 Å². The van der Waals surface area contributed by atoms with Crippen molar-refractivity contribution in [1.82, 2.24) is 5.32 Å². The van der Waals surface area contributed by atoms with E-state index in [2.05, 4.69) is 5.32 Å². The fourth-order valence-corrected chi connectivity index (χ4v) is 0.537. The van der Waals surface area contributed by atoms with Crippen LogP contribution in [-0.4, -0.2) is 30.5 Å². The van der Waals surface area contributed by atoms with Gasteiger partial charge in [-0.25, -0.2) is 4.79 Å². The van der Waals surface area contributed by atoms with Gasteiger partial charge in [0.1, 0.15) is 6.10 Å². The van der Waals surface area contributed by atoms with Gasteiger partial charge < -0.3 is 15.2 Å². The highest BCUT2D eigenvalue weighted by Crippen LogP contribution is 2.23. The first-order valence-corrected chi connectivity index (χ1v) is 3.38. The summed E-state index contributed by atoms with van der Waals surface area (Å²) < 4.78 is 4.80. The smallest absolute Gasteiger partial charge is 0.407 e. The molecule has 0 aromatic heterocycles. The van der Waals surface area contributed by atoms with Gasteiger partial charge in [-0.05, 0) is 12.8 Å². The number of hydrogen-bond donors (Lipinski definition) is 2. The Morgan fingerprint density at radius 1 is 1.70 bits per heavy atom. The maximum Gasteiger partial charge on any atom is 0.407 e. The minimum Gasteiger partial charge on any atom is -0.446 e. The standard InChI is InChI=1S/C6H11NO3/c8-4-3-7-6(9)10-5-1-2-5/h5,8H,1-4H2,(H,7,9). The average molecular weight is 145 g/mol. The third-order valence-electron chi connectivity index (χ3n) is 1.18. The first kappa shape index (κ1) is 7.34. The highest BCUT2D eigenvalue weighted by molar-refractivity contribution is 5.67. The Morgan fingerprint density at radius 3 is 2.90 bits per heavy atom. The van der Waals surface area contributed by atoms with Gasteiger partial charge >= 0.3 is 6.09 Å². The summed E-state index contributed by atoms with van der Waals surface area (Å²) in [7, 11) is 0. The van der Waals surface area contributed by atoms with Crippen LogP contribution >= 0.6 is 0 Å². The normalized spacial score (nSPS) is 16.5. The zero-order valence-corrected chi connectivity index (χ0v) is 5.67. The van der Waals surface area contributed by atoms with Crippen LogP contribution in [0.3, 0.4) is 0 Å². The topological polar surface area (TPSA) is 58.6 Å². The SMILES string of the molecule is O=C(NCCO)OC1CC1. The van der Waals surface area contributed by atoms with Gasteiger partial charge in [0.05, 0.1) is 6.61 Å². The Balaban J connectivity index is 1.97. The van der Waals surface area contributed by atoms with Crippen LogP contribution in [0.1, 0.15) is 12.8 Å². The summed E-state index contributed by atoms with van der Waals surface area (Å²) >= 11 is 0. The van der Waals surface area contributed by atoms with Crippen molar-refractivity contribution in [2.24, 2.45) is 0 Å². The summed E-state index contributed by atoms with van der Waals surface area (Å²) in [5, 5.41) is 10.7. The van der Waals surface area contributed by atoms with Crippen LogP contribution in [0.5, 0.6) is 0 Å². The molecule has 10 heavy (non-hydrogen) atoms. The fourth-order valence-electron chi connectivity index (χ4n) is 0.537. The Hall–Kier alpha value is -0.770. The van der Waals surface area contributed by atoms with E-state index in [4.69, 9.17) is 9.84 Å². The van der Waals surface area contributed by atoms with Gasteiger partial charge in [-0.3, -0.25) is 0 Å². The average Bonchev–Trinajstić information content (AvgIpc) is 2.67. The summed E-state index contributed by atoms with van der Waals surface area (Å²) in [4.78, 5) is 10.6. The Morgan fingerprint density at radius 2 is 2.40 bits per heavy atom. The highest BCUT2D eigenvalue weighted by atomic mass is 16.6. The largest absolute Gasteiger partial charge is 0.446 e. The van der Waals surface area contributed by atoms with Gasteiger partial charge in [-0.2, -0.15) is 0 Å². The molecule has 0 aromatic carbocycles. The molecule has 0 unspecified atom stereocenters. The van der Waals surface area contributed by atoms with Crippen molar-refractivity contribution in [2.75, 3.05) is 13.2 Å². The maximum absolute atomic E-state index is 10.6. The maximum atomic E-state index is 10.6. The van der Waals surface area contributed by atoms with Crippen LogP contribution in [0.4, 0.5) is 4.79 Å². The molecule has 4 heteroatoms. The van der Waals surface area contributed by atoms with Crippen LogP contribution in [0, 0.1) is 0 Å². The lowest BCUT2D eigenvalue weighted by Gasteiger charge is -2.02. The van der Waals surface area contributed by atoms with Gasteiger partial charge in [-0.15, -0.1) is 0 Å². The van der Waals surface area contributed by atoms with Crippen LogP contribution in [0.25, 0.3) is 0 Å². The Labute approximate surface area is 59.2 Å². The molecule has 0 aliphatic heterocycles. The van der Waals surface area contributed by atoms with Crippen molar-refractivity contribution in [3.8, 4) is 0 Å². The summed E-state index contributed by atoms with van der Waals surface area (Å²) in [6, 6.07) is 0. The molecule has 1 saturated carbocycles. The number of carbonyl (C=O) groups is 1. The first-order chi connectivity index (χ1) is 4.83. The number of carbonyl (C=O) groups excluding carboxylic acids is 1. The van der Waals surface area contributed by atoms with Gasteiger partial charge in [0.25, 0.3) is 0 Å². The Kier molecular flexibility index (Phi) is 2.50. The third-order valence-corrected chi connectivity index (χ3v) is 1.18. The summed E-state index contributed by atoms with van der Waals surface area (Å²) in [5.74, 6) is 0. The molecule has 1 amide bonds. The molecule has 58 valence electrons. The molecule has 1 rings (SSSR count). The lowest BCUT2D eigenvalue weighted by atomic mass is 10.7. The summed E-state index contributed by atoms with van der Waals surface area (Å²) in [5.41, 5.74) is 0. The van der Waals surface area contributed by atoms with E-state index >= 15 is 0 Å². The van der Waals surface area contributed by atoms with Crippen molar-refractivity contribution in [3.05, 3.63) is 0 Å². The monoisotopic (exact) mass is 145 g/mol. The summed E-state index contributed by atoms with van der Waals surface area (Å²) in [6.45, 7) is 0.227. The molecule has 0 bridgehead atoms. The zero-order valence-electron chi connectivity index (χ0n) is 5.67. The van der Waals surface area contributed by atoms with Crippen LogP contribution in [0.2, 0.25) is 0 Å². The molecular formula is C6H11NO3. The second-order valence-electron chi connectivity index (χ2n) is 2.26. The van der Waals surface area contributed by atoms with Crippen molar-refractivity contribution >= 4 is 6.09 Å². The number of ether oxygens (including phenoxy) is 1. The van der Waals surface area contributed by atoms with E-state index < -0.39 is 6.09 Å². The molecule has 4 nitrogen and oxygen atoms in total. The molecular weight excluding hydrogens is 134 g/mol. The molecule has 1 aliphatic carbocycles. The number of nitrogens with one attached hydrogen (secondary N) is 1. The molecule has 0 aromatic rings.